The number of amides is 3. The van der Waals surface area contributed by atoms with Gasteiger partial charge in [-0.05, 0) is 48.7 Å². The predicted octanol–water partition coefficient (Wildman–Crippen LogP) is 2.81. The van der Waals surface area contributed by atoms with E-state index >= 15 is 0 Å². The van der Waals surface area contributed by atoms with Gasteiger partial charge in [0.2, 0.25) is 0 Å². The molecule has 3 rings (SSSR count). The zero-order valence-corrected chi connectivity index (χ0v) is 16.8. The van der Waals surface area contributed by atoms with Crippen molar-refractivity contribution in [1.29, 1.82) is 0 Å². The van der Waals surface area contributed by atoms with Gasteiger partial charge < -0.3 is 25.0 Å². The number of nitrogens with one attached hydrogen (secondary N) is 2. The van der Waals surface area contributed by atoms with E-state index in [2.05, 4.69) is 10.6 Å². The quantitative estimate of drug-likeness (QED) is 0.786. The first-order valence-corrected chi connectivity index (χ1v) is 9.69. The highest BCUT2D eigenvalue weighted by atomic mass is 16.5. The van der Waals surface area contributed by atoms with Crippen molar-refractivity contribution in [2.75, 3.05) is 27.3 Å². The molecule has 3 amide bonds. The molecule has 7 heteroatoms. The number of methoxy groups -OCH3 is 2. The van der Waals surface area contributed by atoms with Crippen molar-refractivity contribution in [1.82, 2.24) is 15.5 Å². The molecule has 2 aromatic carbocycles. The number of ether oxygens (including phenoxy) is 2. The molecule has 0 saturated carbocycles. The van der Waals surface area contributed by atoms with Gasteiger partial charge in [0.15, 0.2) is 0 Å². The maximum atomic E-state index is 12.7. The van der Waals surface area contributed by atoms with E-state index in [1.807, 2.05) is 41.3 Å². The number of hydrogen-bond donors (Lipinski definition) is 2. The highest BCUT2D eigenvalue weighted by Crippen LogP contribution is 2.18. The minimum Gasteiger partial charge on any atom is -0.497 e. The SMILES string of the molecule is COc1ccc(CNC(=O)NC2CCN(C(=O)c3cccc(OC)c3)CC2)cc1. The predicted molar refractivity (Wildman–Crippen MR) is 110 cm³/mol. The van der Waals surface area contributed by atoms with Crippen molar-refractivity contribution in [3.8, 4) is 11.5 Å². The molecule has 2 N–H and O–H groups in total. The number of urea groups is 1. The maximum absolute atomic E-state index is 12.7. The van der Waals surface area contributed by atoms with Crippen LogP contribution in [0.15, 0.2) is 48.5 Å². The molecule has 1 saturated heterocycles. The highest BCUT2D eigenvalue weighted by molar-refractivity contribution is 5.94. The van der Waals surface area contributed by atoms with Gasteiger partial charge in [-0.15, -0.1) is 0 Å². The van der Waals surface area contributed by atoms with Crippen LogP contribution in [0.25, 0.3) is 0 Å². The molecule has 0 spiro atoms. The van der Waals surface area contributed by atoms with Crippen LogP contribution in [-0.2, 0) is 6.54 Å². The lowest BCUT2D eigenvalue weighted by molar-refractivity contribution is 0.0708. The van der Waals surface area contributed by atoms with Crippen LogP contribution in [0.4, 0.5) is 4.79 Å². The van der Waals surface area contributed by atoms with Crippen LogP contribution in [-0.4, -0.2) is 50.2 Å². The van der Waals surface area contributed by atoms with E-state index in [9.17, 15) is 9.59 Å². The largest absolute Gasteiger partial charge is 0.497 e. The van der Waals surface area contributed by atoms with Gasteiger partial charge in [0, 0.05) is 31.2 Å². The summed E-state index contributed by atoms with van der Waals surface area (Å²) < 4.78 is 10.3. The molecule has 7 nitrogen and oxygen atoms in total. The number of benzene rings is 2. The number of piperidine rings is 1. The van der Waals surface area contributed by atoms with Crippen molar-refractivity contribution in [3.63, 3.8) is 0 Å². The van der Waals surface area contributed by atoms with E-state index in [1.165, 1.54) is 0 Å². The standard InChI is InChI=1S/C22H27N3O4/c1-28-19-8-6-16(7-9-19)15-23-22(27)24-18-10-12-25(13-11-18)21(26)17-4-3-5-20(14-17)29-2/h3-9,14,18H,10-13,15H2,1-2H3,(H2,23,24,27). The van der Waals surface area contributed by atoms with Gasteiger partial charge >= 0.3 is 6.03 Å². The summed E-state index contributed by atoms with van der Waals surface area (Å²) in [5.74, 6) is 1.45. The average Bonchev–Trinajstić information content (AvgIpc) is 2.78. The first-order valence-electron chi connectivity index (χ1n) is 9.69. The van der Waals surface area contributed by atoms with Crippen LogP contribution in [0.3, 0.4) is 0 Å². The minimum absolute atomic E-state index is 0.00805. The molecule has 2 aromatic rings. The summed E-state index contributed by atoms with van der Waals surface area (Å²) in [5, 5.41) is 5.87. The number of carbonyl (C=O) groups excluding carboxylic acids is 2. The first kappa shape index (κ1) is 20.5. The Bertz CT molecular complexity index is 830. The van der Waals surface area contributed by atoms with Gasteiger partial charge in [-0.3, -0.25) is 4.79 Å². The number of carbonyl (C=O) groups is 2. The molecule has 0 aliphatic carbocycles. The fourth-order valence-electron chi connectivity index (χ4n) is 3.33. The van der Waals surface area contributed by atoms with Crippen molar-refractivity contribution < 1.29 is 19.1 Å². The summed E-state index contributed by atoms with van der Waals surface area (Å²) in [6.45, 7) is 1.67. The van der Waals surface area contributed by atoms with Crippen molar-refractivity contribution in [3.05, 3.63) is 59.7 Å². The number of likely N-dealkylation sites (tertiary alicyclic amines) is 1. The Morgan fingerprint density at radius 3 is 2.34 bits per heavy atom. The zero-order valence-electron chi connectivity index (χ0n) is 16.8. The maximum Gasteiger partial charge on any atom is 0.315 e. The fraction of sp³-hybridized carbons (Fsp3) is 0.364. The van der Waals surface area contributed by atoms with Crippen molar-refractivity contribution >= 4 is 11.9 Å². The first-order chi connectivity index (χ1) is 14.1. The Kier molecular flexibility index (Phi) is 6.94. The molecular weight excluding hydrogens is 370 g/mol. The van der Waals surface area contributed by atoms with Gasteiger partial charge in [-0.25, -0.2) is 4.79 Å². The van der Waals surface area contributed by atoms with E-state index in [0.717, 1.165) is 24.2 Å². The number of hydrogen-bond acceptors (Lipinski definition) is 4. The summed E-state index contributed by atoms with van der Waals surface area (Å²) in [6, 6.07) is 14.6. The van der Waals surface area contributed by atoms with Crippen LogP contribution in [0.5, 0.6) is 11.5 Å². The average molecular weight is 397 g/mol. The highest BCUT2D eigenvalue weighted by Gasteiger charge is 2.24. The van der Waals surface area contributed by atoms with E-state index in [0.29, 0.717) is 30.9 Å². The molecule has 1 fully saturated rings. The number of nitrogens with zero attached hydrogens (tertiary/aromatic N) is 1. The van der Waals surface area contributed by atoms with Gasteiger partial charge in [0.05, 0.1) is 14.2 Å². The minimum atomic E-state index is -0.196. The Morgan fingerprint density at radius 1 is 1.00 bits per heavy atom. The summed E-state index contributed by atoms with van der Waals surface area (Å²) in [4.78, 5) is 26.7. The summed E-state index contributed by atoms with van der Waals surface area (Å²) in [6.07, 6.45) is 1.46. The molecule has 1 aliphatic heterocycles. The molecule has 1 heterocycles. The van der Waals surface area contributed by atoms with E-state index < -0.39 is 0 Å². The molecule has 0 aromatic heterocycles. The Hall–Kier alpha value is -3.22. The zero-order chi connectivity index (χ0) is 20.6. The second-order valence-electron chi connectivity index (χ2n) is 6.97. The van der Waals surface area contributed by atoms with Gasteiger partial charge in [-0.2, -0.15) is 0 Å². The van der Waals surface area contributed by atoms with Gasteiger partial charge in [-0.1, -0.05) is 18.2 Å². The molecule has 154 valence electrons. The van der Waals surface area contributed by atoms with Crippen molar-refractivity contribution in [2.24, 2.45) is 0 Å². The number of rotatable bonds is 6. The van der Waals surface area contributed by atoms with Crippen LogP contribution in [0.1, 0.15) is 28.8 Å². The third-order valence-corrected chi connectivity index (χ3v) is 5.05. The lowest BCUT2D eigenvalue weighted by atomic mass is 10.0. The van der Waals surface area contributed by atoms with Crippen LogP contribution < -0.4 is 20.1 Å². The van der Waals surface area contributed by atoms with E-state index in [1.54, 1.807) is 26.4 Å². The van der Waals surface area contributed by atoms with Crippen LogP contribution in [0, 0.1) is 0 Å². The second-order valence-corrected chi connectivity index (χ2v) is 6.97. The lowest BCUT2D eigenvalue weighted by Crippen LogP contribution is -2.49. The van der Waals surface area contributed by atoms with Gasteiger partial charge in [0.1, 0.15) is 11.5 Å². The summed E-state index contributed by atoms with van der Waals surface area (Å²) in [5.41, 5.74) is 1.62. The lowest BCUT2D eigenvalue weighted by Gasteiger charge is -2.32. The van der Waals surface area contributed by atoms with Crippen LogP contribution in [0.2, 0.25) is 0 Å². The Labute approximate surface area is 171 Å². The van der Waals surface area contributed by atoms with Gasteiger partial charge in [0.25, 0.3) is 5.91 Å². The topological polar surface area (TPSA) is 79.9 Å². The smallest absolute Gasteiger partial charge is 0.315 e. The Balaban J connectivity index is 1.42. The monoisotopic (exact) mass is 397 g/mol. The third kappa shape index (κ3) is 5.63. The molecule has 0 atom stereocenters. The molecule has 1 aliphatic rings. The molecule has 0 unspecified atom stereocenters. The van der Waals surface area contributed by atoms with E-state index in [4.69, 9.17) is 9.47 Å². The van der Waals surface area contributed by atoms with Crippen molar-refractivity contribution in [2.45, 2.75) is 25.4 Å². The second kappa shape index (κ2) is 9.82. The molecule has 0 bridgehead atoms. The normalized spacial score (nSPS) is 14.2. The molecule has 29 heavy (non-hydrogen) atoms. The Morgan fingerprint density at radius 2 is 1.69 bits per heavy atom. The fourth-order valence-corrected chi connectivity index (χ4v) is 3.33. The van der Waals surface area contributed by atoms with E-state index in [-0.39, 0.29) is 18.0 Å². The third-order valence-electron chi connectivity index (χ3n) is 5.05. The summed E-state index contributed by atoms with van der Waals surface area (Å²) in [7, 11) is 3.21. The molecule has 0 radical (unpaired) electrons. The summed E-state index contributed by atoms with van der Waals surface area (Å²) >= 11 is 0. The molecular formula is C22H27N3O4. The van der Waals surface area contributed by atoms with Crippen LogP contribution >= 0.6 is 0 Å².